The summed E-state index contributed by atoms with van der Waals surface area (Å²) in [5.41, 5.74) is -0.0482. The van der Waals surface area contributed by atoms with Crippen molar-refractivity contribution >= 4 is 16.9 Å². The summed E-state index contributed by atoms with van der Waals surface area (Å²) in [5, 5.41) is 49.7. The quantitative estimate of drug-likeness (QED) is 0.357. The van der Waals surface area contributed by atoms with Crippen molar-refractivity contribution in [3.63, 3.8) is 0 Å². The fourth-order valence-corrected chi connectivity index (χ4v) is 3.57. The monoisotopic (exact) mass is 460 g/mol. The number of carboxylic acids is 1. The van der Waals surface area contributed by atoms with Crippen LogP contribution in [-0.2, 0) is 9.53 Å². The van der Waals surface area contributed by atoms with E-state index in [1.165, 1.54) is 19.2 Å². The van der Waals surface area contributed by atoms with Gasteiger partial charge in [-0.2, -0.15) is 0 Å². The van der Waals surface area contributed by atoms with Crippen molar-refractivity contribution in [2.75, 3.05) is 7.11 Å². The number of phenolic OH excluding ortho intramolecular Hbond substituents is 1. The van der Waals surface area contributed by atoms with E-state index in [1.54, 1.807) is 30.3 Å². The average Bonchev–Trinajstić information content (AvgIpc) is 2.79. The summed E-state index contributed by atoms with van der Waals surface area (Å²) in [6, 6.07) is 11.1. The highest BCUT2D eigenvalue weighted by Gasteiger charge is 2.48. The molecule has 11 heteroatoms. The number of aliphatic carboxylic acids is 1. The summed E-state index contributed by atoms with van der Waals surface area (Å²) in [7, 11) is 1.19. The van der Waals surface area contributed by atoms with Crippen molar-refractivity contribution < 1.29 is 49.0 Å². The molecular weight excluding hydrogens is 440 g/mol. The van der Waals surface area contributed by atoms with Gasteiger partial charge in [-0.3, -0.25) is 4.79 Å². The number of carboxylic acid groups (broad SMARTS) is 1. The number of rotatable bonds is 5. The number of aromatic hydroxyl groups is 1. The maximum atomic E-state index is 12.7. The van der Waals surface area contributed by atoms with Crippen LogP contribution in [-0.4, -0.2) is 69.3 Å². The largest absolute Gasteiger partial charge is 0.504 e. The van der Waals surface area contributed by atoms with E-state index in [0.29, 0.717) is 5.56 Å². The van der Waals surface area contributed by atoms with E-state index in [0.717, 1.165) is 0 Å². The van der Waals surface area contributed by atoms with Gasteiger partial charge in [0.1, 0.15) is 35.0 Å². The van der Waals surface area contributed by atoms with Crippen LogP contribution in [0.1, 0.15) is 0 Å². The van der Waals surface area contributed by atoms with E-state index in [2.05, 4.69) is 0 Å². The third-order valence-corrected chi connectivity index (χ3v) is 5.23. The number of fused-ring (bicyclic) bond motifs is 1. The Kier molecular flexibility index (Phi) is 5.95. The lowest BCUT2D eigenvalue weighted by Crippen LogP contribution is -2.61. The summed E-state index contributed by atoms with van der Waals surface area (Å²) in [6.07, 6.45) is -9.31. The molecule has 0 unspecified atom stereocenters. The molecule has 0 amide bonds. The first-order valence-corrected chi connectivity index (χ1v) is 9.75. The molecule has 2 heterocycles. The van der Waals surface area contributed by atoms with E-state index in [-0.39, 0.29) is 28.2 Å². The van der Waals surface area contributed by atoms with Crippen LogP contribution in [0.25, 0.3) is 22.3 Å². The van der Waals surface area contributed by atoms with Gasteiger partial charge in [-0.1, -0.05) is 30.3 Å². The molecule has 2 aromatic carbocycles. The third-order valence-electron chi connectivity index (χ3n) is 5.23. The van der Waals surface area contributed by atoms with Gasteiger partial charge in [-0.25, -0.2) is 4.79 Å². The number of phenols is 1. The minimum absolute atomic E-state index is 0.0877. The number of hydrogen-bond donors (Lipinski definition) is 5. The van der Waals surface area contributed by atoms with Gasteiger partial charge < -0.3 is 44.2 Å². The predicted octanol–water partition coefficient (Wildman–Crippen LogP) is 0.445. The van der Waals surface area contributed by atoms with Crippen LogP contribution in [0, 0.1) is 0 Å². The van der Waals surface area contributed by atoms with E-state index >= 15 is 0 Å². The van der Waals surface area contributed by atoms with E-state index in [9.17, 15) is 35.1 Å². The molecule has 5 atom stereocenters. The fourth-order valence-electron chi connectivity index (χ4n) is 3.57. The first kappa shape index (κ1) is 22.6. The zero-order valence-electron chi connectivity index (χ0n) is 17.1. The van der Waals surface area contributed by atoms with Gasteiger partial charge in [0.2, 0.25) is 12.0 Å². The molecule has 0 saturated carbocycles. The van der Waals surface area contributed by atoms with Crippen LogP contribution in [0.15, 0.2) is 51.7 Å². The minimum Gasteiger partial charge on any atom is -0.504 e. The van der Waals surface area contributed by atoms with Gasteiger partial charge in [0.25, 0.3) is 0 Å². The second-order valence-corrected chi connectivity index (χ2v) is 7.32. The van der Waals surface area contributed by atoms with E-state index < -0.39 is 47.9 Å². The Balaban J connectivity index is 1.80. The first-order chi connectivity index (χ1) is 15.7. The SMILES string of the molecule is COc1c(O[C@@H]2O[C@H](C(=O)O)[C@H](O)[C@@H](O)[C@H]2O)cc2oc(-c3ccccc3)cc(=O)c2c1O. The van der Waals surface area contributed by atoms with Gasteiger partial charge in [-0.15, -0.1) is 0 Å². The fraction of sp³-hybridized carbons (Fsp3) is 0.273. The van der Waals surface area contributed by atoms with Gasteiger partial charge in [0.15, 0.2) is 23.0 Å². The maximum Gasteiger partial charge on any atom is 0.335 e. The van der Waals surface area contributed by atoms with Crippen molar-refractivity contribution in [2.24, 2.45) is 0 Å². The molecule has 1 aromatic heterocycles. The Morgan fingerprint density at radius 1 is 1.03 bits per heavy atom. The molecule has 1 aliphatic rings. The molecule has 0 bridgehead atoms. The zero-order valence-corrected chi connectivity index (χ0v) is 17.1. The molecule has 1 saturated heterocycles. The Bertz CT molecular complexity index is 1240. The number of ether oxygens (including phenoxy) is 3. The number of benzene rings is 2. The minimum atomic E-state index is -1.91. The lowest BCUT2D eigenvalue weighted by Gasteiger charge is -2.38. The van der Waals surface area contributed by atoms with Crippen molar-refractivity contribution in [3.05, 3.63) is 52.7 Å². The molecule has 1 aliphatic heterocycles. The third kappa shape index (κ3) is 3.98. The Hall–Kier alpha value is -3.64. The van der Waals surface area contributed by atoms with E-state index in [1.807, 2.05) is 0 Å². The zero-order chi connectivity index (χ0) is 23.9. The Labute approximate surface area is 185 Å². The van der Waals surface area contributed by atoms with Crippen molar-refractivity contribution in [1.29, 1.82) is 0 Å². The number of aliphatic hydroxyl groups is 3. The Morgan fingerprint density at radius 2 is 1.73 bits per heavy atom. The number of hydrogen-bond acceptors (Lipinski definition) is 10. The summed E-state index contributed by atoms with van der Waals surface area (Å²) >= 11 is 0. The molecule has 174 valence electrons. The van der Waals surface area contributed by atoms with Gasteiger partial charge in [0.05, 0.1) is 7.11 Å². The lowest BCUT2D eigenvalue weighted by molar-refractivity contribution is -0.271. The van der Waals surface area contributed by atoms with Crippen molar-refractivity contribution in [1.82, 2.24) is 0 Å². The molecule has 0 radical (unpaired) electrons. The number of methoxy groups -OCH3 is 1. The van der Waals surface area contributed by atoms with Gasteiger partial charge in [0, 0.05) is 17.7 Å². The predicted molar refractivity (Wildman–Crippen MR) is 111 cm³/mol. The second kappa shape index (κ2) is 8.71. The second-order valence-electron chi connectivity index (χ2n) is 7.32. The van der Waals surface area contributed by atoms with Crippen molar-refractivity contribution in [2.45, 2.75) is 30.7 Å². The summed E-state index contributed by atoms with van der Waals surface area (Å²) < 4.78 is 21.5. The first-order valence-electron chi connectivity index (χ1n) is 9.75. The molecule has 4 rings (SSSR count). The molecule has 0 spiro atoms. The number of carbonyl (C=O) groups is 1. The van der Waals surface area contributed by atoms with Crippen LogP contribution < -0.4 is 14.9 Å². The maximum absolute atomic E-state index is 12.7. The molecule has 33 heavy (non-hydrogen) atoms. The molecule has 11 nitrogen and oxygen atoms in total. The summed E-state index contributed by atoms with van der Waals surface area (Å²) in [6.45, 7) is 0. The van der Waals surface area contributed by atoms with Crippen LogP contribution in [0.3, 0.4) is 0 Å². The standard InChI is InChI=1S/C22H20O11/c1-30-19-13(32-22-18(27)16(25)17(26)20(33-22)21(28)29)8-12-14(15(19)24)10(23)7-11(31-12)9-5-3-2-4-6-9/h2-8,16-18,20,22,24-27H,1H3,(H,28,29)/t16-,17-,18-,20+,22-/m1/s1. The van der Waals surface area contributed by atoms with Gasteiger partial charge in [-0.05, 0) is 0 Å². The smallest absolute Gasteiger partial charge is 0.335 e. The number of aliphatic hydroxyl groups excluding tert-OH is 3. The van der Waals surface area contributed by atoms with Crippen LogP contribution in [0.4, 0.5) is 0 Å². The topological polar surface area (TPSA) is 176 Å². The summed E-state index contributed by atoms with van der Waals surface area (Å²) in [4.78, 5) is 24.0. The highest BCUT2D eigenvalue weighted by Crippen LogP contribution is 2.43. The van der Waals surface area contributed by atoms with Crippen molar-refractivity contribution in [3.8, 4) is 28.6 Å². The average molecular weight is 460 g/mol. The molecule has 0 aliphatic carbocycles. The molecule has 1 fully saturated rings. The van der Waals surface area contributed by atoms with Crippen LogP contribution in [0.2, 0.25) is 0 Å². The Morgan fingerprint density at radius 3 is 2.36 bits per heavy atom. The van der Waals surface area contributed by atoms with Crippen LogP contribution >= 0.6 is 0 Å². The van der Waals surface area contributed by atoms with Crippen LogP contribution in [0.5, 0.6) is 17.2 Å². The van der Waals surface area contributed by atoms with E-state index in [4.69, 9.17) is 18.6 Å². The molecule has 3 aromatic rings. The highest BCUT2D eigenvalue weighted by molar-refractivity contribution is 5.89. The molecule has 5 N–H and O–H groups in total. The lowest BCUT2D eigenvalue weighted by atomic mass is 9.99. The van der Waals surface area contributed by atoms with Gasteiger partial charge >= 0.3 is 5.97 Å². The highest BCUT2D eigenvalue weighted by atomic mass is 16.7. The normalized spacial score (nSPS) is 25.0. The summed E-state index contributed by atoms with van der Waals surface area (Å²) in [5.74, 6) is -2.58. The molecular formula is C22H20O11.